The molecule has 6 nitrogen and oxygen atoms in total. The molecule has 0 radical (unpaired) electrons. The smallest absolute Gasteiger partial charge is 0.407 e. The second kappa shape index (κ2) is 8.93. The van der Waals surface area contributed by atoms with Gasteiger partial charge in [0.05, 0.1) is 22.9 Å². The van der Waals surface area contributed by atoms with Gasteiger partial charge < -0.3 is 15.4 Å². The number of thiazole rings is 1. The number of nitrogens with one attached hydrogen (secondary N) is 2. The Hall–Kier alpha value is -2.22. The average molecular weight is 381 g/mol. The first-order valence-electron chi connectivity index (χ1n) is 8.61. The number of fused-ring (bicyclic) bond motifs is 1. The molecule has 2 N–H and O–H groups in total. The van der Waals surface area contributed by atoms with Crippen molar-refractivity contribution in [3.63, 3.8) is 0 Å². The first-order valence-corrected chi connectivity index (χ1v) is 9.43. The number of aromatic nitrogens is 1. The van der Waals surface area contributed by atoms with Crippen LogP contribution in [-0.2, 0) is 9.53 Å². The second-order valence-electron chi connectivity index (χ2n) is 6.40. The van der Waals surface area contributed by atoms with Crippen LogP contribution in [0.1, 0.15) is 45.2 Å². The van der Waals surface area contributed by atoms with Crippen molar-refractivity contribution in [3.8, 4) is 0 Å². The van der Waals surface area contributed by atoms with E-state index >= 15 is 0 Å². The van der Waals surface area contributed by atoms with Gasteiger partial charge in [-0.2, -0.15) is 0 Å². The SMILES string of the molecule is CCCOC(=O)N[C@H](C(=O)N[C@H](C)c1nc2ccc(F)cc2s1)C(C)C. The number of rotatable bonds is 7. The first kappa shape index (κ1) is 20.1. The minimum Gasteiger partial charge on any atom is -0.450 e. The maximum absolute atomic E-state index is 13.3. The molecule has 1 heterocycles. The van der Waals surface area contributed by atoms with E-state index in [1.807, 2.05) is 20.8 Å². The molecular formula is C18H24FN3O3S. The van der Waals surface area contributed by atoms with Gasteiger partial charge >= 0.3 is 6.09 Å². The minimum atomic E-state index is -0.714. The molecule has 0 saturated carbocycles. The summed E-state index contributed by atoms with van der Waals surface area (Å²) in [7, 11) is 0. The van der Waals surface area contributed by atoms with Crippen LogP contribution in [0.3, 0.4) is 0 Å². The summed E-state index contributed by atoms with van der Waals surface area (Å²) in [4.78, 5) is 28.8. The highest BCUT2D eigenvalue weighted by molar-refractivity contribution is 7.18. The van der Waals surface area contributed by atoms with Gasteiger partial charge in [0.2, 0.25) is 5.91 Å². The van der Waals surface area contributed by atoms with Crippen molar-refractivity contribution in [1.29, 1.82) is 0 Å². The number of ether oxygens (including phenoxy) is 1. The molecule has 0 spiro atoms. The summed E-state index contributed by atoms with van der Waals surface area (Å²) in [5.41, 5.74) is 0.689. The number of benzene rings is 1. The molecular weight excluding hydrogens is 357 g/mol. The lowest BCUT2D eigenvalue weighted by atomic mass is 10.0. The van der Waals surface area contributed by atoms with Crippen LogP contribution in [-0.4, -0.2) is 29.6 Å². The van der Waals surface area contributed by atoms with E-state index < -0.39 is 12.1 Å². The maximum atomic E-state index is 13.3. The minimum absolute atomic E-state index is 0.110. The van der Waals surface area contributed by atoms with E-state index in [4.69, 9.17) is 4.74 Å². The molecule has 8 heteroatoms. The predicted octanol–water partition coefficient (Wildman–Crippen LogP) is 3.77. The van der Waals surface area contributed by atoms with E-state index in [-0.39, 0.29) is 23.7 Å². The zero-order chi connectivity index (χ0) is 19.3. The molecule has 2 aromatic rings. The van der Waals surface area contributed by atoms with E-state index in [9.17, 15) is 14.0 Å². The number of amides is 2. The van der Waals surface area contributed by atoms with Crippen LogP contribution in [0.5, 0.6) is 0 Å². The summed E-state index contributed by atoms with van der Waals surface area (Å²) in [6.45, 7) is 7.69. The van der Waals surface area contributed by atoms with Crippen LogP contribution in [0, 0.1) is 11.7 Å². The Labute approximate surface area is 156 Å². The summed E-state index contributed by atoms with van der Waals surface area (Å²) in [6, 6.07) is 3.32. The molecule has 0 aliphatic heterocycles. The van der Waals surface area contributed by atoms with Crippen molar-refractivity contribution >= 4 is 33.6 Å². The lowest BCUT2D eigenvalue weighted by Gasteiger charge is -2.23. The van der Waals surface area contributed by atoms with Crippen molar-refractivity contribution in [2.45, 2.75) is 46.2 Å². The molecule has 0 aliphatic rings. The van der Waals surface area contributed by atoms with Gasteiger partial charge in [-0.3, -0.25) is 4.79 Å². The highest BCUT2D eigenvalue weighted by Gasteiger charge is 2.26. The third kappa shape index (κ3) is 5.14. The molecule has 0 unspecified atom stereocenters. The normalized spacial score (nSPS) is 13.5. The Balaban J connectivity index is 2.05. The molecule has 1 aromatic heterocycles. The number of nitrogens with zero attached hydrogens (tertiary/aromatic N) is 1. The van der Waals surface area contributed by atoms with Gasteiger partial charge in [0.15, 0.2) is 0 Å². The Kier molecular flexibility index (Phi) is 6.90. The van der Waals surface area contributed by atoms with Crippen molar-refractivity contribution in [2.24, 2.45) is 5.92 Å². The fourth-order valence-corrected chi connectivity index (χ4v) is 3.36. The van der Waals surface area contributed by atoms with Gasteiger partial charge in [0.25, 0.3) is 0 Å². The number of alkyl carbamates (subject to hydrolysis) is 1. The monoisotopic (exact) mass is 381 g/mol. The largest absolute Gasteiger partial charge is 0.450 e. The predicted molar refractivity (Wildman–Crippen MR) is 99.5 cm³/mol. The van der Waals surface area contributed by atoms with E-state index in [0.717, 1.165) is 4.70 Å². The molecule has 26 heavy (non-hydrogen) atoms. The van der Waals surface area contributed by atoms with E-state index in [2.05, 4.69) is 15.6 Å². The number of carbonyl (C=O) groups excluding carboxylic acids is 2. The van der Waals surface area contributed by atoms with Crippen LogP contribution < -0.4 is 10.6 Å². The highest BCUT2D eigenvalue weighted by Crippen LogP contribution is 2.27. The van der Waals surface area contributed by atoms with Crippen molar-refractivity contribution in [3.05, 3.63) is 29.0 Å². The molecule has 2 atom stereocenters. The third-order valence-electron chi connectivity index (χ3n) is 3.76. The number of halogens is 1. The number of carbonyl (C=O) groups is 2. The van der Waals surface area contributed by atoms with Crippen molar-refractivity contribution in [2.75, 3.05) is 6.61 Å². The molecule has 0 fully saturated rings. The van der Waals surface area contributed by atoms with Crippen LogP contribution in [0.15, 0.2) is 18.2 Å². The van der Waals surface area contributed by atoms with Gasteiger partial charge in [0.1, 0.15) is 16.9 Å². The Morgan fingerprint density at radius 1 is 1.27 bits per heavy atom. The van der Waals surface area contributed by atoms with Gasteiger partial charge in [-0.1, -0.05) is 20.8 Å². The lowest BCUT2D eigenvalue weighted by Crippen LogP contribution is -2.50. The molecule has 0 bridgehead atoms. The Morgan fingerprint density at radius 2 is 2.00 bits per heavy atom. The van der Waals surface area contributed by atoms with Gasteiger partial charge in [-0.05, 0) is 37.5 Å². The maximum Gasteiger partial charge on any atom is 0.407 e. The van der Waals surface area contributed by atoms with E-state index in [1.54, 1.807) is 13.0 Å². The van der Waals surface area contributed by atoms with Gasteiger partial charge in [0, 0.05) is 0 Å². The Bertz CT molecular complexity index is 778. The van der Waals surface area contributed by atoms with Gasteiger partial charge in [-0.15, -0.1) is 11.3 Å². The molecule has 0 aliphatic carbocycles. The molecule has 142 valence electrons. The zero-order valence-electron chi connectivity index (χ0n) is 15.3. The highest BCUT2D eigenvalue weighted by atomic mass is 32.1. The van der Waals surface area contributed by atoms with Crippen LogP contribution in [0.25, 0.3) is 10.2 Å². The quantitative estimate of drug-likeness (QED) is 0.765. The van der Waals surface area contributed by atoms with Gasteiger partial charge in [-0.25, -0.2) is 14.2 Å². The zero-order valence-corrected chi connectivity index (χ0v) is 16.2. The molecule has 2 amide bonds. The Morgan fingerprint density at radius 3 is 2.65 bits per heavy atom. The standard InChI is InChI=1S/C18H24FN3O3S/c1-5-8-25-18(24)22-15(10(2)3)16(23)20-11(4)17-21-13-7-6-12(19)9-14(13)26-17/h6-7,9-11,15H,5,8H2,1-4H3,(H,20,23)(H,22,24)/t11-,15+/m1/s1. The number of hydrogen-bond acceptors (Lipinski definition) is 5. The van der Waals surface area contributed by atoms with E-state index in [0.29, 0.717) is 23.6 Å². The topological polar surface area (TPSA) is 80.3 Å². The average Bonchev–Trinajstić information content (AvgIpc) is 3.00. The summed E-state index contributed by atoms with van der Waals surface area (Å²) in [5.74, 6) is -0.744. The first-order chi connectivity index (χ1) is 12.3. The molecule has 0 saturated heterocycles. The van der Waals surface area contributed by atoms with Crippen LogP contribution >= 0.6 is 11.3 Å². The lowest BCUT2D eigenvalue weighted by molar-refractivity contribution is -0.124. The second-order valence-corrected chi connectivity index (χ2v) is 7.46. The van der Waals surface area contributed by atoms with Crippen molar-refractivity contribution in [1.82, 2.24) is 15.6 Å². The van der Waals surface area contributed by atoms with Crippen LogP contribution in [0.2, 0.25) is 0 Å². The van der Waals surface area contributed by atoms with Crippen molar-refractivity contribution < 1.29 is 18.7 Å². The summed E-state index contributed by atoms with van der Waals surface area (Å²) >= 11 is 1.33. The molecule has 2 rings (SSSR count). The van der Waals surface area contributed by atoms with Crippen LogP contribution in [0.4, 0.5) is 9.18 Å². The third-order valence-corrected chi connectivity index (χ3v) is 4.96. The van der Waals surface area contributed by atoms with E-state index in [1.165, 1.54) is 23.5 Å². The fourth-order valence-electron chi connectivity index (χ4n) is 2.36. The summed E-state index contributed by atoms with van der Waals surface area (Å²) in [5, 5.41) is 6.14. The fraction of sp³-hybridized carbons (Fsp3) is 0.500. The summed E-state index contributed by atoms with van der Waals surface area (Å²) in [6.07, 6.45) is 0.102. The molecule has 1 aromatic carbocycles. The summed E-state index contributed by atoms with van der Waals surface area (Å²) < 4.78 is 19.0. The number of hydrogen-bond donors (Lipinski definition) is 2.